The summed E-state index contributed by atoms with van der Waals surface area (Å²) in [6.45, 7) is -0.0997. The Balaban J connectivity index is 1.60. The molecule has 0 aliphatic heterocycles. The first kappa shape index (κ1) is 14.2. The van der Waals surface area contributed by atoms with Crippen molar-refractivity contribution in [2.75, 3.05) is 0 Å². The smallest absolute Gasteiger partial charge is 0.250 e. The zero-order valence-electron chi connectivity index (χ0n) is 11.9. The molecule has 4 aliphatic rings. The van der Waals surface area contributed by atoms with Crippen molar-refractivity contribution in [1.82, 2.24) is 4.72 Å². The minimum atomic E-state index is -3.45. The van der Waals surface area contributed by atoms with Crippen LogP contribution in [-0.2, 0) is 16.6 Å². The summed E-state index contributed by atoms with van der Waals surface area (Å²) in [6, 6.07) is 3.30. The summed E-state index contributed by atoms with van der Waals surface area (Å²) >= 11 is 1.17. The molecule has 6 heteroatoms. The summed E-state index contributed by atoms with van der Waals surface area (Å²) in [6.07, 6.45) is 6.93. The Labute approximate surface area is 129 Å². The first-order valence-electron chi connectivity index (χ1n) is 7.72. The number of hydrogen-bond acceptors (Lipinski definition) is 4. The third-order valence-electron chi connectivity index (χ3n) is 5.45. The van der Waals surface area contributed by atoms with E-state index in [1.807, 2.05) is 0 Å². The Bertz CT molecular complexity index is 614. The summed E-state index contributed by atoms with van der Waals surface area (Å²) < 4.78 is 28.7. The van der Waals surface area contributed by atoms with E-state index in [1.54, 1.807) is 12.1 Å². The molecule has 0 unspecified atom stereocenters. The Morgan fingerprint density at radius 3 is 2.19 bits per heavy atom. The van der Waals surface area contributed by atoms with Gasteiger partial charge in [0.05, 0.1) is 6.61 Å². The lowest BCUT2D eigenvalue weighted by molar-refractivity contribution is -0.00807. The fourth-order valence-corrected chi connectivity index (χ4v) is 7.81. The van der Waals surface area contributed by atoms with Gasteiger partial charge in [-0.15, -0.1) is 11.3 Å². The number of thiophene rings is 1. The van der Waals surface area contributed by atoms with Crippen LogP contribution in [0.3, 0.4) is 0 Å². The molecule has 116 valence electrons. The zero-order valence-corrected chi connectivity index (χ0v) is 13.5. The van der Waals surface area contributed by atoms with Crippen molar-refractivity contribution >= 4 is 21.4 Å². The number of hydrogen-bond donors (Lipinski definition) is 2. The number of nitrogens with one attached hydrogen (secondary N) is 1. The lowest BCUT2D eigenvalue weighted by Gasteiger charge is -2.56. The topological polar surface area (TPSA) is 66.4 Å². The molecule has 0 atom stereocenters. The van der Waals surface area contributed by atoms with Gasteiger partial charge in [0.2, 0.25) is 0 Å². The Morgan fingerprint density at radius 1 is 1.14 bits per heavy atom. The summed E-state index contributed by atoms with van der Waals surface area (Å²) in [5, 5.41) is 9.11. The fraction of sp³-hybridized carbons (Fsp3) is 0.733. The van der Waals surface area contributed by atoms with E-state index in [4.69, 9.17) is 5.11 Å². The van der Waals surface area contributed by atoms with Crippen LogP contribution in [0.2, 0.25) is 0 Å². The predicted octanol–water partition coefficient (Wildman–Crippen LogP) is 2.49. The van der Waals surface area contributed by atoms with Crippen molar-refractivity contribution in [3.8, 4) is 0 Å². The van der Waals surface area contributed by atoms with Gasteiger partial charge in [-0.05, 0) is 68.4 Å². The maximum Gasteiger partial charge on any atom is 0.250 e. The van der Waals surface area contributed by atoms with Gasteiger partial charge in [-0.25, -0.2) is 13.1 Å². The molecule has 0 saturated heterocycles. The molecule has 1 heterocycles. The third kappa shape index (κ3) is 2.46. The highest BCUT2D eigenvalue weighted by Crippen LogP contribution is 2.56. The van der Waals surface area contributed by atoms with Crippen molar-refractivity contribution in [2.24, 2.45) is 17.8 Å². The lowest BCUT2D eigenvalue weighted by Crippen LogP contribution is -2.59. The highest BCUT2D eigenvalue weighted by atomic mass is 32.2. The lowest BCUT2D eigenvalue weighted by atomic mass is 9.53. The van der Waals surface area contributed by atoms with Crippen molar-refractivity contribution in [3.63, 3.8) is 0 Å². The van der Waals surface area contributed by atoms with E-state index in [0.717, 1.165) is 37.0 Å². The monoisotopic (exact) mass is 327 g/mol. The van der Waals surface area contributed by atoms with Gasteiger partial charge in [-0.2, -0.15) is 0 Å². The first-order chi connectivity index (χ1) is 9.98. The average Bonchev–Trinajstić information content (AvgIpc) is 2.85. The molecule has 0 aromatic carbocycles. The normalized spacial score (nSPS) is 38.0. The van der Waals surface area contributed by atoms with E-state index < -0.39 is 10.0 Å². The van der Waals surface area contributed by atoms with E-state index in [-0.39, 0.29) is 12.1 Å². The van der Waals surface area contributed by atoms with Gasteiger partial charge in [0.25, 0.3) is 10.0 Å². The Hall–Kier alpha value is -0.430. The van der Waals surface area contributed by atoms with Crippen molar-refractivity contribution in [2.45, 2.75) is 54.9 Å². The van der Waals surface area contributed by atoms with Crippen LogP contribution in [0, 0.1) is 17.8 Å². The molecule has 4 saturated carbocycles. The molecule has 1 aromatic rings. The Morgan fingerprint density at radius 2 is 1.71 bits per heavy atom. The van der Waals surface area contributed by atoms with Gasteiger partial charge in [0, 0.05) is 10.4 Å². The molecule has 1 aromatic heterocycles. The molecule has 21 heavy (non-hydrogen) atoms. The van der Waals surface area contributed by atoms with E-state index in [0.29, 0.717) is 9.09 Å². The molecular weight excluding hydrogens is 306 g/mol. The third-order valence-corrected chi connectivity index (χ3v) is 8.59. The SMILES string of the molecule is O=S(=O)(NC12CC3CC(CC(C3)C1)C2)c1ccc(CO)s1. The molecule has 4 fully saturated rings. The van der Waals surface area contributed by atoms with Gasteiger partial charge in [-0.1, -0.05) is 0 Å². The number of sulfonamides is 1. The molecule has 0 radical (unpaired) electrons. The second-order valence-corrected chi connectivity index (χ2v) is 10.3. The van der Waals surface area contributed by atoms with Crippen molar-refractivity contribution in [3.05, 3.63) is 17.0 Å². The molecule has 4 aliphatic carbocycles. The van der Waals surface area contributed by atoms with Crippen LogP contribution < -0.4 is 4.72 Å². The fourth-order valence-electron chi connectivity index (χ4n) is 5.16. The number of aliphatic hydroxyl groups is 1. The standard InChI is InChI=1S/C15H21NO3S2/c17-9-13-1-2-14(20-13)21(18,19)16-15-6-10-3-11(7-15)5-12(4-10)8-15/h1-2,10-12,16-17H,3-9H2. The molecule has 5 rings (SSSR count). The van der Waals surface area contributed by atoms with Crippen LogP contribution in [0.1, 0.15) is 43.4 Å². The van der Waals surface area contributed by atoms with Crippen molar-refractivity contribution in [1.29, 1.82) is 0 Å². The van der Waals surface area contributed by atoms with E-state index in [9.17, 15) is 8.42 Å². The maximum atomic E-state index is 12.7. The summed E-state index contributed by atoms with van der Waals surface area (Å²) in [4.78, 5) is 0.695. The van der Waals surface area contributed by atoms with Crippen LogP contribution in [-0.4, -0.2) is 19.1 Å². The van der Waals surface area contributed by atoms with Crippen LogP contribution in [0.25, 0.3) is 0 Å². The zero-order chi connectivity index (χ0) is 14.7. The maximum absolute atomic E-state index is 12.7. The quantitative estimate of drug-likeness (QED) is 0.893. The van der Waals surface area contributed by atoms with Gasteiger partial charge in [0.1, 0.15) is 4.21 Å². The largest absolute Gasteiger partial charge is 0.391 e. The first-order valence-corrected chi connectivity index (χ1v) is 10.0. The molecule has 4 nitrogen and oxygen atoms in total. The minimum Gasteiger partial charge on any atom is -0.391 e. The molecule has 0 spiro atoms. The van der Waals surface area contributed by atoms with Crippen LogP contribution in [0.4, 0.5) is 0 Å². The average molecular weight is 327 g/mol. The summed E-state index contributed by atoms with van der Waals surface area (Å²) in [5.74, 6) is 2.15. The van der Waals surface area contributed by atoms with Gasteiger partial charge >= 0.3 is 0 Å². The highest BCUT2D eigenvalue weighted by molar-refractivity contribution is 7.91. The summed E-state index contributed by atoms with van der Waals surface area (Å²) in [7, 11) is -3.45. The van der Waals surface area contributed by atoms with Crippen LogP contribution in [0.15, 0.2) is 16.3 Å². The predicted molar refractivity (Wildman–Crippen MR) is 81.5 cm³/mol. The molecule has 0 amide bonds. The van der Waals surface area contributed by atoms with Crippen LogP contribution >= 0.6 is 11.3 Å². The van der Waals surface area contributed by atoms with Crippen LogP contribution in [0.5, 0.6) is 0 Å². The second-order valence-electron chi connectivity index (χ2n) is 7.18. The van der Waals surface area contributed by atoms with E-state index >= 15 is 0 Å². The van der Waals surface area contributed by atoms with E-state index in [2.05, 4.69) is 4.72 Å². The molecule has 2 N–H and O–H groups in total. The minimum absolute atomic E-state index is 0.0997. The van der Waals surface area contributed by atoms with Gasteiger partial charge in [-0.3, -0.25) is 0 Å². The van der Waals surface area contributed by atoms with Gasteiger partial charge in [0.15, 0.2) is 0 Å². The number of rotatable bonds is 4. The highest BCUT2D eigenvalue weighted by Gasteiger charge is 2.52. The van der Waals surface area contributed by atoms with E-state index in [1.165, 1.54) is 30.6 Å². The summed E-state index contributed by atoms with van der Waals surface area (Å²) in [5.41, 5.74) is -0.197. The molecule has 4 bridgehead atoms. The van der Waals surface area contributed by atoms with Crippen molar-refractivity contribution < 1.29 is 13.5 Å². The number of aliphatic hydroxyl groups excluding tert-OH is 1. The Kier molecular flexibility index (Phi) is 3.23. The second kappa shape index (κ2) is 4.78. The van der Waals surface area contributed by atoms with Gasteiger partial charge < -0.3 is 5.11 Å². The molecular formula is C15H21NO3S2.